The zero-order chi connectivity index (χ0) is 21.0. The van der Waals surface area contributed by atoms with E-state index in [9.17, 15) is 24.3 Å². The Hall–Kier alpha value is -2.53. The van der Waals surface area contributed by atoms with E-state index in [-0.39, 0.29) is 24.3 Å². The number of aliphatic hydroxyl groups is 2. The van der Waals surface area contributed by atoms with Gasteiger partial charge in [-0.05, 0) is 24.1 Å². The lowest BCUT2D eigenvalue weighted by molar-refractivity contribution is -0.113. The molecular formula is C22H23F2NO4. The lowest BCUT2D eigenvalue weighted by Gasteiger charge is -2.32. The number of aliphatic hydroxyl groups excluding tert-OH is 2. The van der Waals surface area contributed by atoms with Crippen LogP contribution in [0.25, 0.3) is 0 Å². The SMILES string of the molecule is CCOc1cc(F)c(Cc2cc([C@H]3C[C@@H](O)C[C@@H](CO)O3)ccc2C#N)c(F)c1. The average molecular weight is 403 g/mol. The van der Waals surface area contributed by atoms with Gasteiger partial charge in [-0.2, -0.15) is 5.26 Å². The summed E-state index contributed by atoms with van der Waals surface area (Å²) in [6, 6.07) is 9.25. The zero-order valence-corrected chi connectivity index (χ0v) is 16.1. The Morgan fingerprint density at radius 2 is 1.93 bits per heavy atom. The molecule has 5 nitrogen and oxygen atoms in total. The van der Waals surface area contributed by atoms with Crippen molar-refractivity contribution in [3.8, 4) is 11.8 Å². The standard InChI is InChI=1S/C22H23F2NO4/c1-2-28-17-9-20(23)19(21(24)10-17)6-15-5-13(3-4-14(15)11-25)22-8-16(27)7-18(12-26)29-22/h3-5,9-10,16,18,22,26-27H,2,6-8,12H2,1H3/t16-,18-,22+/m0/s1. The summed E-state index contributed by atoms with van der Waals surface area (Å²) in [5, 5.41) is 28.8. The van der Waals surface area contributed by atoms with E-state index in [1.807, 2.05) is 6.07 Å². The molecule has 0 saturated carbocycles. The monoisotopic (exact) mass is 403 g/mol. The van der Waals surface area contributed by atoms with Crippen LogP contribution in [0.3, 0.4) is 0 Å². The molecule has 2 N–H and O–H groups in total. The maximum atomic E-state index is 14.5. The summed E-state index contributed by atoms with van der Waals surface area (Å²) < 4.78 is 39.9. The Morgan fingerprint density at radius 3 is 2.55 bits per heavy atom. The fourth-order valence-corrected chi connectivity index (χ4v) is 3.58. The summed E-state index contributed by atoms with van der Waals surface area (Å²) in [7, 11) is 0. The maximum absolute atomic E-state index is 14.5. The lowest BCUT2D eigenvalue weighted by Crippen LogP contribution is -2.33. The summed E-state index contributed by atoms with van der Waals surface area (Å²) in [5.41, 5.74) is 1.29. The van der Waals surface area contributed by atoms with Gasteiger partial charge in [-0.3, -0.25) is 0 Å². The van der Waals surface area contributed by atoms with Crippen LogP contribution in [-0.4, -0.2) is 35.6 Å². The lowest BCUT2D eigenvalue weighted by atomic mass is 9.92. The van der Waals surface area contributed by atoms with Crippen molar-refractivity contribution in [2.24, 2.45) is 0 Å². The third-order valence-electron chi connectivity index (χ3n) is 5.00. The minimum absolute atomic E-state index is 0.111. The number of rotatable bonds is 6. The van der Waals surface area contributed by atoms with Gasteiger partial charge < -0.3 is 19.7 Å². The van der Waals surface area contributed by atoms with Gasteiger partial charge in [0.2, 0.25) is 0 Å². The third kappa shape index (κ3) is 4.91. The summed E-state index contributed by atoms with van der Waals surface area (Å²) >= 11 is 0. The quantitative estimate of drug-likeness (QED) is 0.773. The van der Waals surface area contributed by atoms with Gasteiger partial charge in [0, 0.05) is 37.0 Å². The van der Waals surface area contributed by atoms with Crippen molar-refractivity contribution in [1.82, 2.24) is 0 Å². The highest BCUT2D eigenvalue weighted by Crippen LogP contribution is 2.33. The molecule has 1 aliphatic rings. The van der Waals surface area contributed by atoms with Gasteiger partial charge in [0.05, 0.1) is 43.2 Å². The average Bonchev–Trinajstić information content (AvgIpc) is 2.70. The molecule has 0 radical (unpaired) electrons. The van der Waals surface area contributed by atoms with Gasteiger partial charge in [-0.1, -0.05) is 12.1 Å². The number of benzene rings is 2. The molecule has 3 atom stereocenters. The Morgan fingerprint density at radius 1 is 1.21 bits per heavy atom. The molecule has 1 saturated heterocycles. The van der Waals surface area contributed by atoms with E-state index in [1.54, 1.807) is 25.1 Å². The first-order valence-electron chi connectivity index (χ1n) is 9.53. The summed E-state index contributed by atoms with van der Waals surface area (Å²) in [6.45, 7) is 1.81. The van der Waals surface area contributed by atoms with Crippen LogP contribution in [0.2, 0.25) is 0 Å². The molecule has 0 aromatic heterocycles. The van der Waals surface area contributed by atoms with Crippen molar-refractivity contribution in [3.05, 3.63) is 64.2 Å². The molecule has 1 fully saturated rings. The molecule has 154 valence electrons. The van der Waals surface area contributed by atoms with Crippen molar-refractivity contribution in [2.75, 3.05) is 13.2 Å². The van der Waals surface area contributed by atoms with Crippen LogP contribution < -0.4 is 4.74 Å². The molecule has 0 aliphatic carbocycles. The van der Waals surface area contributed by atoms with E-state index < -0.39 is 29.9 Å². The van der Waals surface area contributed by atoms with Crippen molar-refractivity contribution < 1.29 is 28.5 Å². The van der Waals surface area contributed by atoms with Gasteiger partial charge in [0.25, 0.3) is 0 Å². The van der Waals surface area contributed by atoms with Crippen LogP contribution in [0.5, 0.6) is 5.75 Å². The summed E-state index contributed by atoms with van der Waals surface area (Å²) in [4.78, 5) is 0. The van der Waals surface area contributed by atoms with E-state index >= 15 is 0 Å². The number of hydrogen-bond donors (Lipinski definition) is 2. The van der Waals surface area contributed by atoms with Gasteiger partial charge in [-0.15, -0.1) is 0 Å². The molecule has 2 aromatic carbocycles. The fourth-order valence-electron chi connectivity index (χ4n) is 3.58. The van der Waals surface area contributed by atoms with E-state index in [1.165, 1.54) is 0 Å². The number of ether oxygens (including phenoxy) is 2. The molecule has 29 heavy (non-hydrogen) atoms. The van der Waals surface area contributed by atoms with E-state index in [0.717, 1.165) is 12.1 Å². The molecule has 0 bridgehead atoms. The normalized spacial score (nSPS) is 21.6. The van der Waals surface area contributed by atoms with E-state index in [4.69, 9.17) is 9.47 Å². The van der Waals surface area contributed by atoms with Gasteiger partial charge in [0.1, 0.15) is 17.4 Å². The van der Waals surface area contributed by atoms with Gasteiger partial charge in [0.15, 0.2) is 0 Å². The number of nitrogens with zero attached hydrogens (tertiary/aromatic N) is 1. The van der Waals surface area contributed by atoms with Crippen molar-refractivity contribution in [2.45, 2.75) is 44.5 Å². The molecule has 7 heteroatoms. The highest BCUT2D eigenvalue weighted by molar-refractivity contribution is 5.45. The highest BCUT2D eigenvalue weighted by atomic mass is 19.1. The molecule has 1 heterocycles. The Kier molecular flexibility index (Phi) is 6.80. The third-order valence-corrected chi connectivity index (χ3v) is 5.00. The minimum atomic E-state index is -0.743. The first kappa shape index (κ1) is 21.2. The Bertz CT molecular complexity index is 889. The zero-order valence-electron chi connectivity index (χ0n) is 16.1. The van der Waals surface area contributed by atoms with Crippen LogP contribution in [0.1, 0.15) is 48.1 Å². The van der Waals surface area contributed by atoms with Gasteiger partial charge in [-0.25, -0.2) is 8.78 Å². The van der Waals surface area contributed by atoms with Gasteiger partial charge >= 0.3 is 0 Å². The first-order valence-corrected chi connectivity index (χ1v) is 9.53. The van der Waals surface area contributed by atoms with Crippen LogP contribution in [0.4, 0.5) is 8.78 Å². The molecule has 3 rings (SSSR count). The smallest absolute Gasteiger partial charge is 0.133 e. The van der Waals surface area contributed by atoms with E-state index in [0.29, 0.717) is 36.1 Å². The van der Waals surface area contributed by atoms with Crippen LogP contribution in [0.15, 0.2) is 30.3 Å². The van der Waals surface area contributed by atoms with E-state index in [2.05, 4.69) is 0 Å². The first-order chi connectivity index (χ1) is 13.9. The van der Waals surface area contributed by atoms with Crippen LogP contribution in [0, 0.1) is 23.0 Å². The molecule has 1 aliphatic heterocycles. The number of halogens is 2. The summed E-state index contributed by atoms with van der Waals surface area (Å²) in [6.07, 6.45) is -1.00. The number of hydrogen-bond acceptors (Lipinski definition) is 5. The topological polar surface area (TPSA) is 82.7 Å². The van der Waals surface area contributed by atoms with Crippen molar-refractivity contribution in [3.63, 3.8) is 0 Å². The second-order valence-corrected chi connectivity index (χ2v) is 7.06. The van der Waals surface area contributed by atoms with Crippen molar-refractivity contribution in [1.29, 1.82) is 5.26 Å². The minimum Gasteiger partial charge on any atom is -0.494 e. The Labute approximate surface area is 168 Å². The predicted octanol–water partition coefficient (Wildman–Crippen LogP) is 3.40. The molecule has 0 unspecified atom stereocenters. The molecule has 0 spiro atoms. The fraction of sp³-hybridized carbons (Fsp3) is 0.409. The maximum Gasteiger partial charge on any atom is 0.133 e. The second kappa shape index (κ2) is 9.31. The van der Waals surface area contributed by atoms with Crippen molar-refractivity contribution >= 4 is 0 Å². The van der Waals surface area contributed by atoms with Crippen LogP contribution in [-0.2, 0) is 11.2 Å². The predicted molar refractivity (Wildman–Crippen MR) is 101 cm³/mol. The molecular weight excluding hydrogens is 380 g/mol. The number of nitriles is 1. The molecule has 2 aromatic rings. The largest absolute Gasteiger partial charge is 0.494 e. The highest BCUT2D eigenvalue weighted by Gasteiger charge is 2.29. The van der Waals surface area contributed by atoms with Crippen LogP contribution >= 0.6 is 0 Å². The Balaban J connectivity index is 1.92. The molecule has 0 amide bonds. The summed E-state index contributed by atoms with van der Waals surface area (Å²) in [5.74, 6) is -1.38. The second-order valence-electron chi connectivity index (χ2n) is 7.06.